The highest BCUT2D eigenvalue weighted by molar-refractivity contribution is 6.29. The average molecular weight is 263 g/mol. The summed E-state index contributed by atoms with van der Waals surface area (Å²) in [6.07, 6.45) is 6.89. The molecule has 18 heavy (non-hydrogen) atoms. The van der Waals surface area contributed by atoms with Crippen LogP contribution in [0.4, 0.5) is 0 Å². The van der Waals surface area contributed by atoms with Crippen molar-refractivity contribution in [1.82, 2.24) is 19.5 Å². The van der Waals surface area contributed by atoms with Gasteiger partial charge in [-0.3, -0.25) is 0 Å². The Hall–Kier alpha value is -1.42. The van der Waals surface area contributed by atoms with Crippen molar-refractivity contribution in [1.29, 1.82) is 0 Å². The van der Waals surface area contributed by atoms with Gasteiger partial charge >= 0.3 is 0 Å². The van der Waals surface area contributed by atoms with Crippen LogP contribution in [0.3, 0.4) is 0 Å². The summed E-state index contributed by atoms with van der Waals surface area (Å²) in [7, 11) is 0. The van der Waals surface area contributed by atoms with Gasteiger partial charge in [-0.25, -0.2) is 15.0 Å². The molecule has 4 nitrogen and oxygen atoms in total. The van der Waals surface area contributed by atoms with Crippen LogP contribution in [0.1, 0.15) is 43.0 Å². The van der Waals surface area contributed by atoms with E-state index in [4.69, 9.17) is 11.6 Å². The van der Waals surface area contributed by atoms with E-state index in [0.717, 1.165) is 23.9 Å². The van der Waals surface area contributed by atoms with E-state index < -0.39 is 0 Å². The Bertz CT molecular complexity index is 560. The monoisotopic (exact) mass is 262 g/mol. The predicted octanol–water partition coefficient (Wildman–Crippen LogP) is 2.81. The minimum absolute atomic E-state index is 0.522. The summed E-state index contributed by atoms with van der Waals surface area (Å²) in [5.41, 5.74) is 0.956. The van der Waals surface area contributed by atoms with Gasteiger partial charge in [-0.05, 0) is 25.8 Å². The zero-order valence-corrected chi connectivity index (χ0v) is 11.1. The van der Waals surface area contributed by atoms with Gasteiger partial charge in [0.25, 0.3) is 0 Å². The highest BCUT2D eigenvalue weighted by atomic mass is 35.5. The molecule has 0 amide bonds. The van der Waals surface area contributed by atoms with Gasteiger partial charge in [0, 0.05) is 31.3 Å². The molecule has 0 aromatic carbocycles. The molecule has 0 aliphatic heterocycles. The van der Waals surface area contributed by atoms with Gasteiger partial charge in [0.15, 0.2) is 0 Å². The molecular weight excluding hydrogens is 248 g/mol. The van der Waals surface area contributed by atoms with Gasteiger partial charge < -0.3 is 4.57 Å². The second kappa shape index (κ2) is 4.69. The first-order chi connectivity index (χ1) is 8.76. The van der Waals surface area contributed by atoms with Crippen molar-refractivity contribution in [3.05, 3.63) is 41.0 Å². The largest absolute Gasteiger partial charge is 0.335 e. The third-order valence-corrected chi connectivity index (χ3v) is 3.38. The van der Waals surface area contributed by atoms with Gasteiger partial charge in [0.1, 0.15) is 16.8 Å². The van der Waals surface area contributed by atoms with E-state index >= 15 is 0 Å². The van der Waals surface area contributed by atoms with Crippen molar-refractivity contribution >= 4 is 11.6 Å². The molecule has 0 atom stereocenters. The maximum atomic E-state index is 6.06. The van der Waals surface area contributed by atoms with E-state index in [2.05, 4.69) is 26.4 Å². The Morgan fingerprint density at radius 1 is 1.39 bits per heavy atom. The molecule has 0 spiro atoms. The highest BCUT2D eigenvalue weighted by Gasteiger charge is 2.27. The number of imidazole rings is 1. The Kier molecular flexibility index (Phi) is 3.04. The van der Waals surface area contributed by atoms with E-state index in [0.29, 0.717) is 17.5 Å². The minimum Gasteiger partial charge on any atom is -0.335 e. The number of nitrogens with zero attached hydrogens (tertiary/aromatic N) is 4. The number of halogens is 1. The molecule has 1 aliphatic carbocycles. The van der Waals surface area contributed by atoms with Gasteiger partial charge in [-0.2, -0.15) is 0 Å². The number of rotatable bonds is 4. The molecule has 0 N–H and O–H groups in total. The van der Waals surface area contributed by atoms with E-state index in [1.54, 1.807) is 0 Å². The van der Waals surface area contributed by atoms with Crippen molar-refractivity contribution < 1.29 is 0 Å². The van der Waals surface area contributed by atoms with Crippen LogP contribution < -0.4 is 0 Å². The van der Waals surface area contributed by atoms with Crippen LogP contribution in [0.5, 0.6) is 0 Å². The van der Waals surface area contributed by atoms with Crippen molar-refractivity contribution in [2.75, 3.05) is 0 Å². The van der Waals surface area contributed by atoms with Gasteiger partial charge in [-0.15, -0.1) is 0 Å². The molecule has 5 heteroatoms. The lowest BCUT2D eigenvalue weighted by atomic mass is 10.2. The Morgan fingerprint density at radius 2 is 2.22 bits per heavy atom. The average Bonchev–Trinajstić information content (AvgIpc) is 3.10. The minimum atomic E-state index is 0.522. The smallest absolute Gasteiger partial charge is 0.133 e. The first-order valence-corrected chi connectivity index (χ1v) is 6.67. The van der Waals surface area contributed by atoms with E-state index in [1.165, 1.54) is 12.8 Å². The van der Waals surface area contributed by atoms with Crippen LogP contribution in [0.2, 0.25) is 5.15 Å². The fourth-order valence-electron chi connectivity index (χ4n) is 2.06. The predicted molar refractivity (Wildman–Crippen MR) is 69.7 cm³/mol. The summed E-state index contributed by atoms with van der Waals surface area (Å²) < 4.78 is 2.12. The SMILES string of the molecule is CCn1ccnc1Cc1cc(Cl)nc(C2CC2)n1. The van der Waals surface area contributed by atoms with Gasteiger partial charge in [0.2, 0.25) is 0 Å². The zero-order valence-electron chi connectivity index (χ0n) is 10.3. The summed E-state index contributed by atoms with van der Waals surface area (Å²) in [4.78, 5) is 13.3. The number of aromatic nitrogens is 4. The molecule has 1 aliphatic rings. The second-order valence-corrected chi connectivity index (χ2v) is 5.01. The quantitative estimate of drug-likeness (QED) is 0.796. The highest BCUT2D eigenvalue weighted by Crippen LogP contribution is 2.38. The van der Waals surface area contributed by atoms with Gasteiger partial charge in [0.05, 0.1) is 5.69 Å². The molecule has 2 aromatic heterocycles. The lowest BCUT2D eigenvalue weighted by Gasteiger charge is -2.06. The van der Waals surface area contributed by atoms with E-state index in [9.17, 15) is 0 Å². The van der Waals surface area contributed by atoms with Gasteiger partial charge in [-0.1, -0.05) is 11.6 Å². The molecule has 94 valence electrons. The third kappa shape index (κ3) is 2.38. The first-order valence-electron chi connectivity index (χ1n) is 6.29. The number of aryl methyl sites for hydroxylation is 1. The van der Waals surface area contributed by atoms with E-state index in [-0.39, 0.29) is 0 Å². The molecule has 3 rings (SSSR count). The molecule has 2 heterocycles. The Labute approximate surface area is 111 Å². The lowest BCUT2D eigenvalue weighted by Crippen LogP contribution is -2.05. The fraction of sp³-hybridized carbons (Fsp3) is 0.462. The van der Waals surface area contributed by atoms with E-state index in [1.807, 2.05) is 18.5 Å². The zero-order chi connectivity index (χ0) is 12.5. The van der Waals surface area contributed by atoms with Crippen LogP contribution in [-0.2, 0) is 13.0 Å². The van der Waals surface area contributed by atoms with Crippen LogP contribution in [0, 0.1) is 0 Å². The molecule has 1 saturated carbocycles. The molecule has 0 bridgehead atoms. The Morgan fingerprint density at radius 3 is 2.94 bits per heavy atom. The Balaban J connectivity index is 1.87. The number of hydrogen-bond donors (Lipinski definition) is 0. The maximum Gasteiger partial charge on any atom is 0.133 e. The first kappa shape index (κ1) is 11.7. The van der Waals surface area contributed by atoms with Crippen LogP contribution in [0.15, 0.2) is 18.5 Å². The molecule has 2 aromatic rings. The van der Waals surface area contributed by atoms with Crippen molar-refractivity contribution in [2.24, 2.45) is 0 Å². The second-order valence-electron chi connectivity index (χ2n) is 4.62. The molecule has 0 radical (unpaired) electrons. The molecule has 0 saturated heterocycles. The fourth-order valence-corrected chi connectivity index (χ4v) is 2.27. The summed E-state index contributed by atoms with van der Waals surface area (Å²) in [5.74, 6) is 2.44. The van der Waals surface area contributed by atoms with Crippen LogP contribution in [0.25, 0.3) is 0 Å². The third-order valence-electron chi connectivity index (χ3n) is 3.19. The van der Waals surface area contributed by atoms with Crippen molar-refractivity contribution in [3.8, 4) is 0 Å². The summed E-state index contributed by atoms with van der Waals surface area (Å²) in [5, 5.41) is 0.538. The van der Waals surface area contributed by atoms with Crippen molar-refractivity contribution in [3.63, 3.8) is 0 Å². The summed E-state index contributed by atoms with van der Waals surface area (Å²) >= 11 is 6.06. The maximum absolute atomic E-state index is 6.06. The topological polar surface area (TPSA) is 43.6 Å². The van der Waals surface area contributed by atoms with Crippen LogP contribution in [-0.4, -0.2) is 19.5 Å². The molecular formula is C13H15ClN4. The number of hydrogen-bond acceptors (Lipinski definition) is 3. The molecule has 1 fully saturated rings. The normalized spacial score (nSPS) is 15.0. The van der Waals surface area contributed by atoms with Crippen LogP contribution >= 0.6 is 11.6 Å². The standard InChI is InChI=1S/C13H15ClN4/c1-2-18-6-5-15-12(18)8-10-7-11(14)17-13(16-10)9-3-4-9/h5-7,9H,2-4,8H2,1H3. The van der Waals surface area contributed by atoms with Crippen molar-refractivity contribution in [2.45, 2.75) is 38.6 Å². The lowest BCUT2D eigenvalue weighted by molar-refractivity contribution is 0.705. The molecule has 0 unspecified atom stereocenters. The summed E-state index contributed by atoms with van der Waals surface area (Å²) in [6.45, 7) is 3.03. The summed E-state index contributed by atoms with van der Waals surface area (Å²) in [6, 6.07) is 1.84.